The first-order valence-electron chi connectivity index (χ1n) is 5.05. The summed E-state index contributed by atoms with van der Waals surface area (Å²) in [6.45, 7) is 3.65. The van der Waals surface area contributed by atoms with Gasteiger partial charge in [-0.1, -0.05) is 11.6 Å². The molecule has 0 saturated heterocycles. The van der Waals surface area contributed by atoms with Crippen LogP contribution in [0.15, 0.2) is 29.0 Å². The van der Waals surface area contributed by atoms with E-state index in [1.54, 1.807) is 25.3 Å². The monoisotopic (exact) mass is 250 g/mol. The number of amides is 1. The number of aromatic nitrogens is 1. The molecule has 0 aliphatic heterocycles. The molecule has 1 N–H and O–H groups in total. The third-order valence-electron chi connectivity index (χ3n) is 2.22. The van der Waals surface area contributed by atoms with Crippen molar-refractivity contribution in [3.8, 4) is 0 Å². The van der Waals surface area contributed by atoms with Crippen LogP contribution in [-0.2, 0) is 0 Å². The van der Waals surface area contributed by atoms with E-state index in [2.05, 4.69) is 10.3 Å². The zero-order chi connectivity index (χ0) is 12.4. The van der Waals surface area contributed by atoms with E-state index in [1.165, 1.54) is 6.26 Å². The summed E-state index contributed by atoms with van der Waals surface area (Å²) < 4.78 is 5.07. The number of aryl methyl sites for hydroxylation is 2. The molecule has 0 spiro atoms. The van der Waals surface area contributed by atoms with Crippen molar-refractivity contribution in [1.82, 2.24) is 4.98 Å². The summed E-state index contributed by atoms with van der Waals surface area (Å²) in [5.74, 6) is 0.416. The van der Waals surface area contributed by atoms with Gasteiger partial charge in [-0.2, -0.15) is 0 Å². The van der Waals surface area contributed by atoms with Gasteiger partial charge in [0.2, 0.25) is 0 Å². The number of carbonyl (C=O) groups is 1. The minimum atomic E-state index is -0.267. The fourth-order valence-electron chi connectivity index (χ4n) is 1.40. The molecule has 0 unspecified atom stereocenters. The molecule has 0 aliphatic rings. The van der Waals surface area contributed by atoms with Crippen molar-refractivity contribution in [2.75, 3.05) is 5.32 Å². The molecule has 88 valence electrons. The number of pyridine rings is 1. The molecule has 0 atom stereocenters. The molecule has 2 aromatic rings. The zero-order valence-corrected chi connectivity index (χ0v) is 10.2. The molecule has 1 amide bonds. The summed E-state index contributed by atoms with van der Waals surface area (Å²) in [4.78, 5) is 15.8. The van der Waals surface area contributed by atoms with E-state index >= 15 is 0 Å². The molecule has 0 radical (unpaired) electrons. The predicted octanol–water partition coefficient (Wildman–Crippen LogP) is 3.20. The Morgan fingerprint density at radius 3 is 2.82 bits per heavy atom. The van der Waals surface area contributed by atoms with Gasteiger partial charge in [0.25, 0.3) is 5.91 Å². The van der Waals surface area contributed by atoms with Gasteiger partial charge in [0.15, 0.2) is 5.15 Å². The van der Waals surface area contributed by atoms with Crippen LogP contribution in [0.3, 0.4) is 0 Å². The Bertz CT molecular complexity index is 563. The summed E-state index contributed by atoms with van der Waals surface area (Å²) in [6, 6.07) is 3.42. The van der Waals surface area contributed by atoms with Crippen LogP contribution in [-0.4, -0.2) is 10.9 Å². The Balaban J connectivity index is 2.21. The van der Waals surface area contributed by atoms with Crippen LogP contribution in [0.25, 0.3) is 0 Å². The highest BCUT2D eigenvalue weighted by molar-refractivity contribution is 6.32. The van der Waals surface area contributed by atoms with Crippen LogP contribution in [0.2, 0.25) is 5.15 Å². The number of anilines is 1. The number of carbonyl (C=O) groups excluding carboxylic acids is 1. The number of nitrogens with zero attached hydrogens (tertiary/aromatic N) is 1. The number of halogens is 1. The third kappa shape index (κ3) is 2.65. The zero-order valence-electron chi connectivity index (χ0n) is 9.45. The smallest absolute Gasteiger partial charge is 0.259 e. The molecule has 5 heteroatoms. The summed E-state index contributed by atoms with van der Waals surface area (Å²) in [5, 5.41) is 2.96. The highest BCUT2D eigenvalue weighted by Gasteiger charge is 2.11. The maximum atomic E-state index is 11.8. The summed E-state index contributed by atoms with van der Waals surface area (Å²) >= 11 is 5.88. The first kappa shape index (κ1) is 11.7. The molecular formula is C12H11ClN2O2. The molecular weight excluding hydrogens is 240 g/mol. The van der Waals surface area contributed by atoms with Crippen LogP contribution in [0.4, 0.5) is 5.69 Å². The topological polar surface area (TPSA) is 55.1 Å². The number of hydrogen-bond acceptors (Lipinski definition) is 3. The second kappa shape index (κ2) is 4.59. The highest BCUT2D eigenvalue weighted by Crippen LogP contribution is 2.20. The maximum Gasteiger partial charge on any atom is 0.259 e. The lowest BCUT2D eigenvalue weighted by Gasteiger charge is -2.05. The fraction of sp³-hybridized carbons (Fsp3) is 0.167. The number of hydrogen-bond donors (Lipinski definition) is 1. The minimum Gasteiger partial charge on any atom is -0.469 e. The fourth-order valence-corrected chi connectivity index (χ4v) is 1.55. The molecule has 0 fully saturated rings. The first-order chi connectivity index (χ1) is 8.06. The highest BCUT2D eigenvalue weighted by atomic mass is 35.5. The van der Waals surface area contributed by atoms with E-state index in [1.807, 2.05) is 6.92 Å². The van der Waals surface area contributed by atoms with Crippen LogP contribution in [0.5, 0.6) is 0 Å². The lowest BCUT2D eigenvalue weighted by Crippen LogP contribution is -2.11. The maximum absolute atomic E-state index is 11.8. The average Bonchev–Trinajstić information content (AvgIpc) is 2.70. The van der Waals surface area contributed by atoms with Crippen molar-refractivity contribution in [2.24, 2.45) is 0 Å². The normalized spacial score (nSPS) is 10.3. The van der Waals surface area contributed by atoms with Crippen LogP contribution >= 0.6 is 11.6 Å². The van der Waals surface area contributed by atoms with Gasteiger partial charge in [-0.3, -0.25) is 4.79 Å². The van der Waals surface area contributed by atoms with E-state index < -0.39 is 0 Å². The predicted molar refractivity (Wildman–Crippen MR) is 65.4 cm³/mol. The van der Waals surface area contributed by atoms with Gasteiger partial charge in [-0.25, -0.2) is 4.98 Å². The number of rotatable bonds is 2. The molecule has 0 saturated carbocycles. The molecule has 0 aromatic carbocycles. The molecule has 4 nitrogen and oxygen atoms in total. The SMILES string of the molecule is Cc1cnc(Cl)c(NC(=O)c2coc(C)c2)c1. The minimum absolute atomic E-state index is 0.267. The number of furan rings is 1. The number of nitrogens with one attached hydrogen (secondary N) is 1. The molecule has 17 heavy (non-hydrogen) atoms. The van der Waals surface area contributed by atoms with Gasteiger partial charge in [0, 0.05) is 6.20 Å². The van der Waals surface area contributed by atoms with Crippen molar-refractivity contribution < 1.29 is 9.21 Å². The third-order valence-corrected chi connectivity index (χ3v) is 2.52. The molecule has 0 bridgehead atoms. The van der Waals surface area contributed by atoms with Crippen molar-refractivity contribution in [2.45, 2.75) is 13.8 Å². The lowest BCUT2D eigenvalue weighted by atomic mass is 10.2. The van der Waals surface area contributed by atoms with E-state index in [-0.39, 0.29) is 11.1 Å². The van der Waals surface area contributed by atoms with Gasteiger partial charge in [-0.05, 0) is 31.5 Å². The second-order valence-corrected chi connectivity index (χ2v) is 4.11. The Kier molecular flexibility index (Phi) is 3.15. The second-order valence-electron chi connectivity index (χ2n) is 3.75. The largest absolute Gasteiger partial charge is 0.469 e. The van der Waals surface area contributed by atoms with Gasteiger partial charge in [-0.15, -0.1) is 0 Å². The summed E-state index contributed by atoms with van der Waals surface area (Å²) in [6.07, 6.45) is 3.04. The van der Waals surface area contributed by atoms with Gasteiger partial charge < -0.3 is 9.73 Å². The van der Waals surface area contributed by atoms with Gasteiger partial charge in [0.1, 0.15) is 12.0 Å². The summed E-state index contributed by atoms with van der Waals surface area (Å²) in [5.41, 5.74) is 1.88. The molecule has 2 rings (SSSR count). The van der Waals surface area contributed by atoms with Crippen molar-refractivity contribution in [3.05, 3.63) is 46.6 Å². The molecule has 2 heterocycles. The van der Waals surface area contributed by atoms with Gasteiger partial charge >= 0.3 is 0 Å². The van der Waals surface area contributed by atoms with E-state index in [9.17, 15) is 4.79 Å². The first-order valence-corrected chi connectivity index (χ1v) is 5.42. The lowest BCUT2D eigenvalue weighted by molar-refractivity contribution is 0.102. The Morgan fingerprint density at radius 1 is 1.41 bits per heavy atom. The van der Waals surface area contributed by atoms with E-state index in [0.717, 1.165) is 5.56 Å². The van der Waals surface area contributed by atoms with Crippen molar-refractivity contribution in [3.63, 3.8) is 0 Å². The van der Waals surface area contributed by atoms with Gasteiger partial charge in [0.05, 0.1) is 11.3 Å². The van der Waals surface area contributed by atoms with Crippen LogP contribution in [0, 0.1) is 13.8 Å². The quantitative estimate of drug-likeness (QED) is 0.833. The van der Waals surface area contributed by atoms with Crippen LogP contribution < -0.4 is 5.32 Å². The average molecular weight is 251 g/mol. The summed E-state index contributed by atoms with van der Waals surface area (Å²) in [7, 11) is 0. The standard InChI is InChI=1S/C12H11ClN2O2/c1-7-3-10(11(13)14-5-7)15-12(16)9-4-8(2)17-6-9/h3-6H,1-2H3,(H,15,16). The Labute approximate surface area is 104 Å². The van der Waals surface area contributed by atoms with Crippen molar-refractivity contribution >= 4 is 23.2 Å². The van der Waals surface area contributed by atoms with Crippen LogP contribution in [0.1, 0.15) is 21.7 Å². The van der Waals surface area contributed by atoms with E-state index in [4.69, 9.17) is 16.0 Å². The van der Waals surface area contributed by atoms with E-state index in [0.29, 0.717) is 17.0 Å². The Hall–Kier alpha value is -1.81. The Morgan fingerprint density at radius 2 is 2.18 bits per heavy atom. The van der Waals surface area contributed by atoms with Crippen molar-refractivity contribution in [1.29, 1.82) is 0 Å². The molecule has 0 aliphatic carbocycles. The molecule has 2 aromatic heterocycles.